The third-order valence-corrected chi connectivity index (χ3v) is 4.57. The minimum atomic E-state index is -0.0592. The van der Waals surface area contributed by atoms with Crippen LogP contribution < -0.4 is 5.32 Å². The van der Waals surface area contributed by atoms with Crippen molar-refractivity contribution in [2.45, 2.75) is 19.9 Å². The number of rotatable bonds is 4. The van der Waals surface area contributed by atoms with E-state index in [1.165, 1.54) is 11.5 Å². The highest BCUT2D eigenvalue weighted by Crippen LogP contribution is 2.33. The third kappa shape index (κ3) is 2.65. The summed E-state index contributed by atoms with van der Waals surface area (Å²) in [7, 11) is 0. The first-order valence-corrected chi connectivity index (χ1v) is 8.01. The van der Waals surface area contributed by atoms with Crippen molar-refractivity contribution >= 4 is 39.2 Å². The van der Waals surface area contributed by atoms with Gasteiger partial charge in [0.25, 0.3) is 0 Å². The van der Waals surface area contributed by atoms with Gasteiger partial charge in [0.1, 0.15) is 22.5 Å². The van der Waals surface area contributed by atoms with Crippen molar-refractivity contribution in [2.75, 3.05) is 5.32 Å². The molecule has 1 atom stereocenters. The lowest BCUT2D eigenvalue weighted by Crippen LogP contribution is -2.18. The Morgan fingerprint density at radius 2 is 2.14 bits per heavy atom. The second kappa shape index (κ2) is 5.95. The molecule has 2 aromatic heterocycles. The summed E-state index contributed by atoms with van der Waals surface area (Å²) in [5.74, 6) is 1.11. The molecule has 0 unspecified atom stereocenters. The SMILES string of the molecule is CC(C)[C@@H](Nc1snc(Cl)c1C#N)c1nc2ccccc2[nH]1. The van der Waals surface area contributed by atoms with Crippen LogP contribution in [0.15, 0.2) is 24.3 Å². The average molecular weight is 332 g/mol. The number of para-hydroxylation sites is 2. The van der Waals surface area contributed by atoms with E-state index in [1.54, 1.807) is 0 Å². The van der Waals surface area contributed by atoms with Crippen LogP contribution >= 0.6 is 23.1 Å². The van der Waals surface area contributed by atoms with E-state index in [4.69, 9.17) is 11.6 Å². The van der Waals surface area contributed by atoms with Crippen molar-refractivity contribution in [1.29, 1.82) is 5.26 Å². The Labute approximate surface area is 137 Å². The molecule has 0 bridgehead atoms. The normalized spacial score (nSPS) is 12.5. The molecule has 0 aliphatic rings. The smallest absolute Gasteiger partial charge is 0.162 e. The van der Waals surface area contributed by atoms with Crippen molar-refractivity contribution in [3.63, 3.8) is 0 Å². The van der Waals surface area contributed by atoms with Crippen molar-refractivity contribution in [3.05, 3.63) is 40.8 Å². The maximum atomic E-state index is 9.19. The number of nitrogens with one attached hydrogen (secondary N) is 2. The molecule has 22 heavy (non-hydrogen) atoms. The number of fused-ring (bicyclic) bond motifs is 1. The number of H-pyrrole nitrogens is 1. The first-order valence-electron chi connectivity index (χ1n) is 6.86. The quantitative estimate of drug-likeness (QED) is 0.744. The molecular weight excluding hydrogens is 318 g/mol. The molecule has 1 aromatic carbocycles. The van der Waals surface area contributed by atoms with Gasteiger partial charge in [0.05, 0.1) is 17.1 Å². The minimum absolute atomic E-state index is 0.0592. The molecule has 0 saturated heterocycles. The molecule has 0 spiro atoms. The van der Waals surface area contributed by atoms with E-state index in [0.717, 1.165) is 16.9 Å². The van der Waals surface area contributed by atoms with E-state index in [2.05, 4.69) is 39.6 Å². The maximum Gasteiger partial charge on any atom is 0.162 e. The number of halogens is 1. The molecule has 112 valence electrons. The molecule has 5 nitrogen and oxygen atoms in total. The molecular formula is C15H14ClN5S. The fraction of sp³-hybridized carbons (Fsp3) is 0.267. The van der Waals surface area contributed by atoms with Crippen LogP contribution in [0.4, 0.5) is 5.00 Å². The van der Waals surface area contributed by atoms with Gasteiger partial charge in [-0.05, 0) is 29.6 Å². The number of hydrogen-bond acceptors (Lipinski definition) is 5. The molecule has 0 amide bonds. The Morgan fingerprint density at radius 3 is 2.82 bits per heavy atom. The second-order valence-corrected chi connectivity index (χ2v) is 6.43. The summed E-state index contributed by atoms with van der Waals surface area (Å²) in [6, 6.07) is 9.92. The van der Waals surface area contributed by atoms with E-state index in [0.29, 0.717) is 10.6 Å². The number of anilines is 1. The zero-order chi connectivity index (χ0) is 15.7. The van der Waals surface area contributed by atoms with Gasteiger partial charge >= 0.3 is 0 Å². The Kier molecular flexibility index (Phi) is 4.01. The topological polar surface area (TPSA) is 77.4 Å². The predicted octanol–water partition coefficient (Wildman–Crippen LogP) is 4.35. The van der Waals surface area contributed by atoms with Gasteiger partial charge in [-0.15, -0.1) is 0 Å². The number of nitriles is 1. The van der Waals surface area contributed by atoms with Crippen LogP contribution in [0.3, 0.4) is 0 Å². The Bertz CT molecular complexity index is 812. The standard InChI is InChI=1S/C15H14ClN5S/c1-8(2)12(20-15-9(7-17)13(16)21-22-15)14-18-10-5-3-4-6-11(10)19-14/h3-6,8,12,20H,1-2H3,(H,18,19)/t12-/m1/s1. The fourth-order valence-electron chi connectivity index (χ4n) is 2.28. The zero-order valence-corrected chi connectivity index (χ0v) is 13.7. The van der Waals surface area contributed by atoms with Crippen LogP contribution in [0.5, 0.6) is 0 Å². The first kappa shape index (κ1) is 14.8. The van der Waals surface area contributed by atoms with Crippen molar-refractivity contribution in [2.24, 2.45) is 5.92 Å². The lowest BCUT2D eigenvalue weighted by molar-refractivity contribution is 0.528. The van der Waals surface area contributed by atoms with Crippen LogP contribution in [0, 0.1) is 17.2 Å². The van der Waals surface area contributed by atoms with Crippen molar-refractivity contribution < 1.29 is 0 Å². The highest BCUT2D eigenvalue weighted by molar-refractivity contribution is 7.10. The first-order chi connectivity index (χ1) is 10.6. The molecule has 0 saturated carbocycles. The van der Waals surface area contributed by atoms with Gasteiger partial charge in [0, 0.05) is 0 Å². The molecule has 0 radical (unpaired) electrons. The Hall–Kier alpha value is -2.10. The van der Waals surface area contributed by atoms with Gasteiger partial charge in [-0.2, -0.15) is 9.64 Å². The molecule has 2 N–H and O–H groups in total. The number of aromatic amines is 1. The van der Waals surface area contributed by atoms with Crippen LogP contribution in [0.2, 0.25) is 5.15 Å². The number of hydrogen-bond donors (Lipinski definition) is 2. The van der Waals surface area contributed by atoms with Gasteiger partial charge < -0.3 is 10.3 Å². The van der Waals surface area contributed by atoms with E-state index in [1.807, 2.05) is 24.3 Å². The second-order valence-electron chi connectivity index (χ2n) is 5.29. The van der Waals surface area contributed by atoms with Gasteiger partial charge in [0.2, 0.25) is 0 Å². The highest BCUT2D eigenvalue weighted by atomic mass is 35.5. The van der Waals surface area contributed by atoms with Crippen molar-refractivity contribution in [3.8, 4) is 6.07 Å². The van der Waals surface area contributed by atoms with Gasteiger partial charge in [-0.1, -0.05) is 37.6 Å². The monoisotopic (exact) mass is 331 g/mol. The van der Waals surface area contributed by atoms with Crippen LogP contribution in [-0.4, -0.2) is 14.3 Å². The minimum Gasteiger partial charge on any atom is -0.364 e. The third-order valence-electron chi connectivity index (χ3n) is 3.42. The zero-order valence-electron chi connectivity index (χ0n) is 12.1. The molecule has 0 aliphatic heterocycles. The molecule has 7 heteroatoms. The van der Waals surface area contributed by atoms with Gasteiger partial charge in [-0.25, -0.2) is 4.98 Å². The largest absolute Gasteiger partial charge is 0.364 e. The predicted molar refractivity (Wildman–Crippen MR) is 89.1 cm³/mol. The van der Waals surface area contributed by atoms with E-state index in [9.17, 15) is 5.26 Å². The highest BCUT2D eigenvalue weighted by Gasteiger charge is 2.23. The summed E-state index contributed by atoms with van der Waals surface area (Å²) in [6.45, 7) is 4.19. The van der Waals surface area contributed by atoms with E-state index >= 15 is 0 Å². The fourth-order valence-corrected chi connectivity index (χ4v) is 3.25. The molecule has 2 heterocycles. The number of imidazole rings is 1. The van der Waals surface area contributed by atoms with Gasteiger partial charge in [0.15, 0.2) is 5.15 Å². The lowest BCUT2D eigenvalue weighted by atomic mass is 10.0. The number of nitrogens with zero attached hydrogens (tertiary/aromatic N) is 3. The number of aromatic nitrogens is 3. The van der Waals surface area contributed by atoms with Crippen molar-refractivity contribution in [1.82, 2.24) is 14.3 Å². The molecule has 3 rings (SSSR count). The average Bonchev–Trinajstić information content (AvgIpc) is 3.07. The summed E-state index contributed by atoms with van der Waals surface area (Å²) < 4.78 is 4.03. The molecule has 3 aromatic rings. The van der Waals surface area contributed by atoms with Crippen LogP contribution in [-0.2, 0) is 0 Å². The Morgan fingerprint density at radius 1 is 1.36 bits per heavy atom. The van der Waals surface area contributed by atoms with Crippen LogP contribution in [0.25, 0.3) is 11.0 Å². The van der Waals surface area contributed by atoms with Gasteiger partial charge in [-0.3, -0.25) is 0 Å². The maximum absolute atomic E-state index is 9.19. The number of benzene rings is 1. The summed E-state index contributed by atoms with van der Waals surface area (Å²) >= 11 is 7.12. The summed E-state index contributed by atoms with van der Waals surface area (Å²) in [5, 5.41) is 13.5. The Balaban J connectivity index is 1.98. The van der Waals surface area contributed by atoms with E-state index in [-0.39, 0.29) is 17.1 Å². The lowest BCUT2D eigenvalue weighted by Gasteiger charge is -2.20. The molecule has 0 fully saturated rings. The summed E-state index contributed by atoms with van der Waals surface area (Å²) in [5.41, 5.74) is 2.30. The molecule has 0 aliphatic carbocycles. The summed E-state index contributed by atoms with van der Waals surface area (Å²) in [6.07, 6.45) is 0. The van der Waals surface area contributed by atoms with Crippen LogP contribution in [0.1, 0.15) is 31.3 Å². The summed E-state index contributed by atoms with van der Waals surface area (Å²) in [4.78, 5) is 7.98. The van der Waals surface area contributed by atoms with E-state index < -0.39 is 0 Å².